The molecule has 0 aromatic heterocycles. The normalized spacial score (nSPS) is 13.6. The quantitative estimate of drug-likeness (QED) is 0.727. The van der Waals surface area contributed by atoms with Crippen molar-refractivity contribution in [1.82, 2.24) is 0 Å². The molecule has 3 heteroatoms. The molecule has 0 aliphatic heterocycles. The van der Waals surface area contributed by atoms with Gasteiger partial charge in [0, 0.05) is 0 Å². The summed E-state index contributed by atoms with van der Waals surface area (Å²) in [5, 5.41) is 18.8. The third-order valence-electron chi connectivity index (χ3n) is 2.39. The minimum absolute atomic E-state index is 0.156. The standard InChI is InChI=1S/C14H18O3/c1-2-6-13(9-15)14(16)11-17-10-12-7-4-3-5-8-12/h3-5,7-8,13-16H,9-11H2,1H3/t13-,14+/m1/s1. The summed E-state index contributed by atoms with van der Waals surface area (Å²) in [7, 11) is 0. The summed E-state index contributed by atoms with van der Waals surface area (Å²) in [6.45, 7) is 2.15. The second kappa shape index (κ2) is 7.86. The van der Waals surface area contributed by atoms with E-state index in [2.05, 4.69) is 11.8 Å². The molecule has 0 unspecified atom stereocenters. The van der Waals surface area contributed by atoms with Crippen LogP contribution >= 0.6 is 0 Å². The Hall–Kier alpha value is -1.34. The molecule has 0 aliphatic rings. The van der Waals surface area contributed by atoms with Crippen LogP contribution in [0.5, 0.6) is 0 Å². The Kier molecular flexibility index (Phi) is 6.34. The molecule has 2 atom stereocenters. The third kappa shape index (κ3) is 5.01. The fourth-order valence-electron chi connectivity index (χ4n) is 1.44. The monoisotopic (exact) mass is 234 g/mol. The van der Waals surface area contributed by atoms with Crippen LogP contribution in [0.1, 0.15) is 12.5 Å². The predicted octanol–water partition coefficient (Wildman–Crippen LogP) is 1.20. The molecular formula is C14H18O3. The lowest BCUT2D eigenvalue weighted by atomic mass is 10.1. The number of aliphatic hydroxyl groups excluding tert-OH is 2. The van der Waals surface area contributed by atoms with E-state index in [1.807, 2.05) is 30.3 Å². The van der Waals surface area contributed by atoms with Crippen LogP contribution in [0.3, 0.4) is 0 Å². The SMILES string of the molecule is CC#C[C@H](CO)[C@@H](O)COCc1ccccc1. The highest BCUT2D eigenvalue weighted by Gasteiger charge is 2.15. The van der Waals surface area contributed by atoms with Gasteiger partial charge in [0.05, 0.1) is 31.8 Å². The predicted molar refractivity (Wildman–Crippen MR) is 66.1 cm³/mol. The number of hydrogen-bond donors (Lipinski definition) is 2. The van der Waals surface area contributed by atoms with Gasteiger partial charge in [0.2, 0.25) is 0 Å². The van der Waals surface area contributed by atoms with Gasteiger partial charge in [-0.3, -0.25) is 0 Å². The van der Waals surface area contributed by atoms with Crippen LogP contribution in [0.25, 0.3) is 0 Å². The Morgan fingerprint density at radius 3 is 2.59 bits per heavy atom. The lowest BCUT2D eigenvalue weighted by Gasteiger charge is -2.15. The molecule has 0 bridgehead atoms. The van der Waals surface area contributed by atoms with Gasteiger partial charge < -0.3 is 14.9 Å². The molecule has 0 radical (unpaired) electrons. The van der Waals surface area contributed by atoms with Gasteiger partial charge in [-0.15, -0.1) is 5.92 Å². The molecule has 3 nitrogen and oxygen atoms in total. The minimum Gasteiger partial charge on any atom is -0.395 e. The molecular weight excluding hydrogens is 216 g/mol. The van der Waals surface area contributed by atoms with E-state index in [0.29, 0.717) is 6.61 Å². The van der Waals surface area contributed by atoms with Gasteiger partial charge in [-0.25, -0.2) is 0 Å². The fourth-order valence-corrected chi connectivity index (χ4v) is 1.44. The van der Waals surface area contributed by atoms with Gasteiger partial charge in [-0.05, 0) is 12.5 Å². The van der Waals surface area contributed by atoms with Crippen LogP contribution in [0.4, 0.5) is 0 Å². The van der Waals surface area contributed by atoms with Crippen molar-refractivity contribution in [3.8, 4) is 11.8 Å². The van der Waals surface area contributed by atoms with E-state index in [9.17, 15) is 5.11 Å². The third-order valence-corrected chi connectivity index (χ3v) is 2.39. The van der Waals surface area contributed by atoms with Crippen LogP contribution in [0.15, 0.2) is 30.3 Å². The Labute approximate surface area is 102 Å². The van der Waals surface area contributed by atoms with Gasteiger partial charge >= 0.3 is 0 Å². The molecule has 0 heterocycles. The van der Waals surface area contributed by atoms with E-state index in [1.165, 1.54) is 0 Å². The van der Waals surface area contributed by atoms with Crippen LogP contribution < -0.4 is 0 Å². The smallest absolute Gasteiger partial charge is 0.0933 e. The lowest BCUT2D eigenvalue weighted by molar-refractivity contribution is -0.00110. The number of benzene rings is 1. The first-order valence-corrected chi connectivity index (χ1v) is 5.60. The summed E-state index contributed by atoms with van der Waals surface area (Å²) in [5.74, 6) is 5.00. The van der Waals surface area contributed by atoms with Crippen molar-refractivity contribution < 1.29 is 14.9 Å². The summed E-state index contributed by atoms with van der Waals surface area (Å²) >= 11 is 0. The van der Waals surface area contributed by atoms with Crippen molar-refractivity contribution >= 4 is 0 Å². The van der Waals surface area contributed by atoms with E-state index in [4.69, 9.17) is 9.84 Å². The Bertz CT molecular complexity index is 364. The number of rotatable bonds is 6. The van der Waals surface area contributed by atoms with Crippen LogP contribution in [0.2, 0.25) is 0 Å². The summed E-state index contributed by atoms with van der Waals surface area (Å²) < 4.78 is 5.38. The average molecular weight is 234 g/mol. The highest BCUT2D eigenvalue weighted by Crippen LogP contribution is 2.05. The highest BCUT2D eigenvalue weighted by atomic mass is 16.5. The maximum absolute atomic E-state index is 9.73. The summed E-state index contributed by atoms with van der Waals surface area (Å²) in [6, 6.07) is 9.74. The van der Waals surface area contributed by atoms with Crippen molar-refractivity contribution in [3.63, 3.8) is 0 Å². The molecule has 92 valence electrons. The van der Waals surface area contributed by atoms with Crippen molar-refractivity contribution in [2.75, 3.05) is 13.2 Å². The molecule has 0 saturated heterocycles. The number of hydrogen-bond acceptors (Lipinski definition) is 3. The number of aliphatic hydroxyl groups is 2. The summed E-state index contributed by atoms with van der Waals surface area (Å²) in [4.78, 5) is 0. The zero-order valence-electron chi connectivity index (χ0n) is 9.97. The largest absolute Gasteiger partial charge is 0.395 e. The van der Waals surface area contributed by atoms with Crippen LogP contribution in [-0.2, 0) is 11.3 Å². The molecule has 17 heavy (non-hydrogen) atoms. The second-order valence-corrected chi connectivity index (χ2v) is 3.75. The van der Waals surface area contributed by atoms with E-state index in [0.717, 1.165) is 5.56 Å². The molecule has 1 rings (SSSR count). The zero-order chi connectivity index (χ0) is 12.5. The zero-order valence-corrected chi connectivity index (χ0v) is 9.97. The molecule has 0 amide bonds. The summed E-state index contributed by atoms with van der Waals surface area (Å²) in [5.41, 5.74) is 1.06. The van der Waals surface area contributed by atoms with Crippen molar-refractivity contribution in [1.29, 1.82) is 0 Å². The van der Waals surface area contributed by atoms with E-state index in [-0.39, 0.29) is 13.2 Å². The Balaban J connectivity index is 2.32. The topological polar surface area (TPSA) is 49.7 Å². The molecule has 1 aromatic rings. The van der Waals surface area contributed by atoms with Crippen LogP contribution in [-0.4, -0.2) is 29.5 Å². The van der Waals surface area contributed by atoms with Crippen molar-refractivity contribution in [2.24, 2.45) is 5.92 Å². The minimum atomic E-state index is -0.754. The van der Waals surface area contributed by atoms with E-state index < -0.39 is 12.0 Å². The highest BCUT2D eigenvalue weighted by molar-refractivity contribution is 5.13. The van der Waals surface area contributed by atoms with Gasteiger partial charge in [-0.2, -0.15) is 0 Å². The van der Waals surface area contributed by atoms with Crippen molar-refractivity contribution in [2.45, 2.75) is 19.6 Å². The Morgan fingerprint density at radius 2 is 2.00 bits per heavy atom. The maximum Gasteiger partial charge on any atom is 0.0933 e. The van der Waals surface area contributed by atoms with Gasteiger partial charge in [-0.1, -0.05) is 36.3 Å². The summed E-state index contributed by atoms with van der Waals surface area (Å²) in [6.07, 6.45) is -0.754. The van der Waals surface area contributed by atoms with Crippen molar-refractivity contribution in [3.05, 3.63) is 35.9 Å². The van der Waals surface area contributed by atoms with Gasteiger partial charge in [0.15, 0.2) is 0 Å². The molecule has 0 fully saturated rings. The first-order chi connectivity index (χ1) is 8.27. The van der Waals surface area contributed by atoms with Crippen LogP contribution in [0, 0.1) is 17.8 Å². The Morgan fingerprint density at radius 1 is 1.29 bits per heavy atom. The average Bonchev–Trinajstić information content (AvgIpc) is 2.37. The van der Waals surface area contributed by atoms with E-state index in [1.54, 1.807) is 6.92 Å². The molecule has 1 aromatic carbocycles. The fraction of sp³-hybridized carbons (Fsp3) is 0.429. The molecule has 2 N–H and O–H groups in total. The number of ether oxygens (including phenoxy) is 1. The molecule has 0 aliphatic carbocycles. The second-order valence-electron chi connectivity index (χ2n) is 3.75. The first kappa shape index (κ1) is 13.7. The molecule has 0 spiro atoms. The van der Waals surface area contributed by atoms with E-state index >= 15 is 0 Å². The van der Waals surface area contributed by atoms with Gasteiger partial charge in [0.1, 0.15) is 0 Å². The van der Waals surface area contributed by atoms with Gasteiger partial charge in [0.25, 0.3) is 0 Å². The first-order valence-electron chi connectivity index (χ1n) is 5.60. The molecule has 0 saturated carbocycles. The maximum atomic E-state index is 9.73. The lowest BCUT2D eigenvalue weighted by Crippen LogP contribution is -2.27.